The minimum absolute atomic E-state index is 0.641. The lowest BCUT2D eigenvalue weighted by atomic mass is 10.1. The number of hydrogen-bond acceptors (Lipinski definition) is 4. The van der Waals surface area contributed by atoms with Gasteiger partial charge in [-0.2, -0.15) is 4.80 Å². The van der Waals surface area contributed by atoms with Crippen LogP contribution in [0, 0.1) is 0 Å². The molecule has 0 fully saturated rings. The van der Waals surface area contributed by atoms with Crippen LogP contribution < -0.4 is 5.32 Å². The highest BCUT2D eigenvalue weighted by molar-refractivity contribution is 5.83. The first-order chi connectivity index (χ1) is 10.3. The van der Waals surface area contributed by atoms with E-state index in [9.17, 15) is 0 Å². The summed E-state index contributed by atoms with van der Waals surface area (Å²) < 4.78 is 2.19. The first kappa shape index (κ1) is 13.8. The molecule has 21 heavy (non-hydrogen) atoms. The second-order valence-electron chi connectivity index (χ2n) is 5.17. The lowest BCUT2D eigenvalue weighted by Crippen LogP contribution is -2.14. The first-order valence-electron chi connectivity index (χ1n) is 7.28. The Hall–Kier alpha value is -2.21. The van der Waals surface area contributed by atoms with Gasteiger partial charge in [0.05, 0.1) is 19.1 Å². The number of tetrazole rings is 1. The normalized spacial score (nSPS) is 11.3. The van der Waals surface area contributed by atoms with Crippen LogP contribution in [-0.4, -0.2) is 31.3 Å². The van der Waals surface area contributed by atoms with E-state index < -0.39 is 0 Å². The number of nitrogens with zero attached hydrogens (tertiary/aromatic N) is 5. The van der Waals surface area contributed by atoms with Crippen molar-refractivity contribution in [2.45, 2.75) is 26.4 Å². The molecule has 1 N–H and O–H groups in total. The smallest absolute Gasteiger partial charge is 0.194 e. The molecule has 0 aliphatic carbocycles. The van der Waals surface area contributed by atoms with Crippen LogP contribution >= 0.6 is 0 Å². The zero-order chi connectivity index (χ0) is 14.7. The predicted molar refractivity (Wildman–Crippen MR) is 81.8 cm³/mol. The molecule has 0 atom stereocenters. The summed E-state index contributed by atoms with van der Waals surface area (Å²) in [4.78, 5) is 1.49. The molecule has 3 aromatic rings. The second-order valence-corrected chi connectivity index (χ2v) is 5.17. The third-order valence-electron chi connectivity index (χ3n) is 3.48. The molecule has 0 saturated carbocycles. The summed E-state index contributed by atoms with van der Waals surface area (Å²) in [5, 5.41) is 16.9. The molecular weight excluding hydrogens is 264 g/mol. The van der Waals surface area contributed by atoms with Crippen molar-refractivity contribution < 1.29 is 0 Å². The number of benzene rings is 1. The monoisotopic (exact) mass is 284 g/mol. The van der Waals surface area contributed by atoms with Gasteiger partial charge in [-0.1, -0.05) is 25.1 Å². The highest BCUT2D eigenvalue weighted by Gasteiger charge is 2.09. The molecule has 0 aliphatic rings. The minimum atomic E-state index is 0.641. The van der Waals surface area contributed by atoms with Crippen LogP contribution in [0.25, 0.3) is 10.9 Å². The lowest BCUT2D eigenvalue weighted by Gasteiger charge is -2.09. The zero-order valence-corrected chi connectivity index (χ0v) is 12.5. The molecule has 0 radical (unpaired) electrons. The molecular formula is C15H20N6. The van der Waals surface area contributed by atoms with Gasteiger partial charge in [-0.25, -0.2) is 0 Å². The maximum Gasteiger partial charge on any atom is 0.194 e. The highest BCUT2D eigenvalue weighted by atomic mass is 15.6. The molecule has 6 heteroatoms. The molecule has 110 valence electrons. The van der Waals surface area contributed by atoms with Crippen molar-refractivity contribution in [3.63, 3.8) is 0 Å². The van der Waals surface area contributed by atoms with Gasteiger partial charge in [0.2, 0.25) is 0 Å². The number of hydrogen-bond donors (Lipinski definition) is 1. The molecule has 0 aliphatic heterocycles. The Morgan fingerprint density at radius 2 is 2.14 bits per heavy atom. The van der Waals surface area contributed by atoms with E-state index in [1.165, 1.54) is 21.3 Å². The van der Waals surface area contributed by atoms with Gasteiger partial charge in [0.1, 0.15) is 0 Å². The van der Waals surface area contributed by atoms with E-state index in [4.69, 9.17) is 0 Å². The molecule has 3 rings (SSSR count). The summed E-state index contributed by atoms with van der Waals surface area (Å²) in [5.74, 6) is 0.728. The van der Waals surface area contributed by atoms with Crippen molar-refractivity contribution in [2.24, 2.45) is 7.05 Å². The number of fused-ring (bicyclic) bond motifs is 1. The summed E-state index contributed by atoms with van der Waals surface area (Å²) in [5.41, 5.74) is 2.54. The van der Waals surface area contributed by atoms with Crippen LogP contribution in [0.3, 0.4) is 0 Å². The SMILES string of the molecule is CCCNCc1cccc2ccn(Cc3nnn(C)n3)c12. The van der Waals surface area contributed by atoms with Gasteiger partial charge in [0.25, 0.3) is 0 Å². The van der Waals surface area contributed by atoms with Gasteiger partial charge in [-0.15, -0.1) is 10.2 Å². The first-order valence-corrected chi connectivity index (χ1v) is 7.28. The van der Waals surface area contributed by atoms with E-state index in [0.717, 1.165) is 25.3 Å². The number of aryl methyl sites for hydroxylation is 1. The fourth-order valence-electron chi connectivity index (χ4n) is 2.55. The maximum absolute atomic E-state index is 4.26. The van der Waals surface area contributed by atoms with Crippen LogP contribution in [0.5, 0.6) is 0 Å². The van der Waals surface area contributed by atoms with Gasteiger partial charge in [0, 0.05) is 12.7 Å². The van der Waals surface area contributed by atoms with Crippen LogP contribution in [0.15, 0.2) is 30.5 Å². The molecule has 2 aromatic heterocycles. The summed E-state index contributed by atoms with van der Waals surface area (Å²) in [6.45, 7) is 4.73. The highest BCUT2D eigenvalue weighted by Crippen LogP contribution is 2.21. The van der Waals surface area contributed by atoms with E-state index in [-0.39, 0.29) is 0 Å². The zero-order valence-electron chi connectivity index (χ0n) is 12.5. The Labute approximate surface area is 123 Å². The van der Waals surface area contributed by atoms with E-state index in [2.05, 4.69) is 62.7 Å². The molecule has 0 amide bonds. The van der Waals surface area contributed by atoms with Gasteiger partial charge >= 0.3 is 0 Å². The summed E-state index contributed by atoms with van der Waals surface area (Å²) in [6.07, 6.45) is 3.23. The summed E-state index contributed by atoms with van der Waals surface area (Å²) in [6, 6.07) is 8.55. The van der Waals surface area contributed by atoms with Gasteiger partial charge < -0.3 is 9.88 Å². The number of aromatic nitrogens is 5. The summed E-state index contributed by atoms with van der Waals surface area (Å²) >= 11 is 0. The topological polar surface area (TPSA) is 60.6 Å². The Kier molecular flexibility index (Phi) is 3.96. The maximum atomic E-state index is 4.26. The number of para-hydroxylation sites is 1. The van der Waals surface area contributed by atoms with Crippen molar-refractivity contribution in [1.82, 2.24) is 30.1 Å². The quantitative estimate of drug-likeness (QED) is 0.700. The van der Waals surface area contributed by atoms with E-state index in [1.807, 2.05) is 0 Å². The average Bonchev–Trinajstić information content (AvgIpc) is 3.07. The summed E-state index contributed by atoms with van der Waals surface area (Å²) in [7, 11) is 1.78. The Balaban J connectivity index is 1.91. The van der Waals surface area contributed by atoms with Gasteiger partial charge in [-0.05, 0) is 35.2 Å². The number of rotatable bonds is 6. The van der Waals surface area contributed by atoms with E-state index in [1.54, 1.807) is 7.05 Å². The van der Waals surface area contributed by atoms with Crippen LogP contribution in [-0.2, 0) is 20.1 Å². The fourth-order valence-corrected chi connectivity index (χ4v) is 2.55. The molecule has 2 heterocycles. The average molecular weight is 284 g/mol. The Morgan fingerprint density at radius 3 is 2.90 bits per heavy atom. The van der Waals surface area contributed by atoms with Crippen molar-refractivity contribution in [1.29, 1.82) is 0 Å². The van der Waals surface area contributed by atoms with Crippen molar-refractivity contribution >= 4 is 10.9 Å². The second kappa shape index (κ2) is 6.05. The Morgan fingerprint density at radius 1 is 1.24 bits per heavy atom. The largest absolute Gasteiger partial charge is 0.339 e. The van der Waals surface area contributed by atoms with Crippen molar-refractivity contribution in [3.05, 3.63) is 41.9 Å². The molecule has 6 nitrogen and oxygen atoms in total. The molecule has 0 saturated heterocycles. The van der Waals surface area contributed by atoms with Crippen LogP contribution in [0.4, 0.5) is 0 Å². The van der Waals surface area contributed by atoms with Crippen molar-refractivity contribution in [2.75, 3.05) is 6.54 Å². The number of nitrogens with one attached hydrogen (secondary N) is 1. The van der Waals surface area contributed by atoms with Gasteiger partial charge in [0.15, 0.2) is 5.82 Å². The van der Waals surface area contributed by atoms with Crippen LogP contribution in [0.2, 0.25) is 0 Å². The van der Waals surface area contributed by atoms with Gasteiger partial charge in [-0.3, -0.25) is 0 Å². The molecule has 0 bridgehead atoms. The van der Waals surface area contributed by atoms with Crippen LogP contribution in [0.1, 0.15) is 24.7 Å². The van der Waals surface area contributed by atoms with E-state index in [0.29, 0.717) is 6.54 Å². The molecule has 1 aromatic carbocycles. The lowest BCUT2D eigenvalue weighted by molar-refractivity contribution is 0.625. The van der Waals surface area contributed by atoms with Crippen molar-refractivity contribution in [3.8, 4) is 0 Å². The Bertz CT molecular complexity index is 727. The third-order valence-corrected chi connectivity index (χ3v) is 3.48. The molecule has 0 unspecified atom stereocenters. The third kappa shape index (κ3) is 2.95. The predicted octanol–water partition coefficient (Wildman–Crippen LogP) is 1.71. The fraction of sp³-hybridized carbons (Fsp3) is 0.400. The molecule has 0 spiro atoms. The standard InChI is InChI=1S/C15H20N6/c1-3-8-16-10-13-6-4-5-12-7-9-21(15(12)13)11-14-17-19-20(2)18-14/h4-7,9,16H,3,8,10-11H2,1-2H3. The minimum Gasteiger partial charge on any atom is -0.339 e. The van der Waals surface area contributed by atoms with E-state index >= 15 is 0 Å².